The maximum atomic E-state index is 11.7. The van der Waals surface area contributed by atoms with Crippen molar-refractivity contribution in [3.05, 3.63) is 48.3 Å². The maximum absolute atomic E-state index is 11.7. The standard InChI is InChI=1S/C20H25N3O4/c1-2-25-19(24)16-13-21-20(22-14-16)23-10-6-9-18(15-23)27-12-11-26-17-7-4-3-5-8-17/h3-5,7-8,13-14,18H,2,6,9-12,15H2,1H3/t18-/m1/s1. The number of carbonyl (C=O) groups is 1. The predicted octanol–water partition coefficient (Wildman–Crippen LogP) is 2.72. The molecule has 2 heterocycles. The minimum Gasteiger partial charge on any atom is -0.491 e. The molecule has 144 valence electrons. The van der Waals surface area contributed by atoms with Crippen molar-refractivity contribution in [1.82, 2.24) is 9.97 Å². The molecule has 0 radical (unpaired) electrons. The normalized spacial score (nSPS) is 16.8. The summed E-state index contributed by atoms with van der Waals surface area (Å²) in [6.45, 7) is 4.76. The number of piperidine rings is 1. The summed E-state index contributed by atoms with van der Waals surface area (Å²) in [6.07, 6.45) is 5.15. The van der Waals surface area contributed by atoms with Gasteiger partial charge in [-0.3, -0.25) is 0 Å². The van der Waals surface area contributed by atoms with Gasteiger partial charge in [0.1, 0.15) is 12.4 Å². The summed E-state index contributed by atoms with van der Waals surface area (Å²) >= 11 is 0. The van der Waals surface area contributed by atoms with E-state index < -0.39 is 5.97 Å². The molecule has 7 heteroatoms. The van der Waals surface area contributed by atoms with Gasteiger partial charge in [0.2, 0.25) is 5.95 Å². The number of anilines is 1. The molecule has 2 aromatic rings. The zero-order chi connectivity index (χ0) is 18.9. The van der Waals surface area contributed by atoms with Crippen LogP contribution >= 0.6 is 0 Å². The fourth-order valence-corrected chi connectivity index (χ4v) is 2.95. The Morgan fingerprint density at radius 1 is 1.19 bits per heavy atom. The predicted molar refractivity (Wildman–Crippen MR) is 101 cm³/mol. The molecule has 0 unspecified atom stereocenters. The summed E-state index contributed by atoms with van der Waals surface area (Å²) in [4.78, 5) is 22.4. The second kappa shape index (κ2) is 9.87. The van der Waals surface area contributed by atoms with Crippen LogP contribution in [0.1, 0.15) is 30.1 Å². The van der Waals surface area contributed by atoms with Crippen LogP contribution in [0.2, 0.25) is 0 Å². The van der Waals surface area contributed by atoms with Crippen LogP contribution in [-0.2, 0) is 9.47 Å². The molecular formula is C20H25N3O4. The van der Waals surface area contributed by atoms with Gasteiger partial charge in [0.25, 0.3) is 0 Å². The molecule has 3 rings (SSSR count). The van der Waals surface area contributed by atoms with Crippen molar-refractivity contribution in [1.29, 1.82) is 0 Å². The second-order valence-corrected chi connectivity index (χ2v) is 6.23. The number of hydrogen-bond acceptors (Lipinski definition) is 7. The van der Waals surface area contributed by atoms with Gasteiger partial charge in [-0.2, -0.15) is 0 Å². The monoisotopic (exact) mass is 371 g/mol. The Hall–Kier alpha value is -2.67. The Balaban J connectivity index is 1.45. The molecule has 1 aromatic carbocycles. The lowest BCUT2D eigenvalue weighted by atomic mass is 10.1. The Labute approximate surface area is 159 Å². The van der Waals surface area contributed by atoms with Crippen LogP contribution in [0, 0.1) is 0 Å². The zero-order valence-corrected chi connectivity index (χ0v) is 15.5. The quantitative estimate of drug-likeness (QED) is 0.522. The molecule has 0 bridgehead atoms. The van der Waals surface area contributed by atoms with Gasteiger partial charge in [-0.25, -0.2) is 14.8 Å². The first-order valence-corrected chi connectivity index (χ1v) is 9.30. The third-order valence-electron chi connectivity index (χ3n) is 4.26. The minimum absolute atomic E-state index is 0.117. The number of ether oxygens (including phenoxy) is 3. The molecule has 1 saturated heterocycles. The summed E-state index contributed by atoms with van der Waals surface area (Å²) in [5.74, 6) is 1.06. The molecule has 1 atom stereocenters. The smallest absolute Gasteiger partial charge is 0.341 e. The lowest BCUT2D eigenvalue weighted by Gasteiger charge is -2.32. The highest BCUT2D eigenvalue weighted by Crippen LogP contribution is 2.18. The van der Waals surface area contributed by atoms with Crippen LogP contribution in [0.5, 0.6) is 5.75 Å². The molecule has 7 nitrogen and oxygen atoms in total. The topological polar surface area (TPSA) is 73.8 Å². The number of benzene rings is 1. The summed E-state index contributed by atoms with van der Waals surface area (Å²) in [5, 5.41) is 0. The first-order valence-electron chi connectivity index (χ1n) is 9.30. The lowest BCUT2D eigenvalue weighted by molar-refractivity contribution is 0.0257. The molecule has 27 heavy (non-hydrogen) atoms. The lowest BCUT2D eigenvalue weighted by Crippen LogP contribution is -2.41. The Morgan fingerprint density at radius 3 is 2.70 bits per heavy atom. The molecule has 0 N–H and O–H groups in total. The molecule has 0 aliphatic carbocycles. The summed E-state index contributed by atoms with van der Waals surface area (Å²) < 4.78 is 16.6. The Morgan fingerprint density at radius 2 is 1.96 bits per heavy atom. The van der Waals surface area contributed by atoms with E-state index in [4.69, 9.17) is 14.2 Å². The van der Waals surface area contributed by atoms with Gasteiger partial charge in [-0.15, -0.1) is 0 Å². The van der Waals surface area contributed by atoms with Crippen molar-refractivity contribution >= 4 is 11.9 Å². The molecule has 1 aliphatic heterocycles. The van der Waals surface area contributed by atoms with Gasteiger partial charge in [-0.05, 0) is 31.9 Å². The average Bonchev–Trinajstić information content (AvgIpc) is 2.72. The largest absolute Gasteiger partial charge is 0.491 e. The van der Waals surface area contributed by atoms with E-state index in [0.717, 1.165) is 31.7 Å². The van der Waals surface area contributed by atoms with Crippen LogP contribution in [0.3, 0.4) is 0 Å². The van der Waals surface area contributed by atoms with Crippen LogP contribution < -0.4 is 9.64 Å². The van der Waals surface area contributed by atoms with E-state index in [1.165, 1.54) is 12.4 Å². The summed E-state index contributed by atoms with van der Waals surface area (Å²) in [5.41, 5.74) is 0.364. The molecule has 0 amide bonds. The Bertz CT molecular complexity index is 709. The molecule has 1 fully saturated rings. The Kier molecular flexibility index (Phi) is 6.98. The number of hydrogen-bond donors (Lipinski definition) is 0. The van der Waals surface area contributed by atoms with E-state index in [-0.39, 0.29) is 6.10 Å². The highest BCUT2D eigenvalue weighted by Gasteiger charge is 2.22. The van der Waals surface area contributed by atoms with Gasteiger partial charge in [0.05, 0.1) is 24.9 Å². The number of para-hydroxylation sites is 1. The van der Waals surface area contributed by atoms with Crippen molar-refractivity contribution in [3.8, 4) is 5.75 Å². The first kappa shape index (κ1) is 19.1. The van der Waals surface area contributed by atoms with Crippen molar-refractivity contribution in [2.45, 2.75) is 25.9 Å². The maximum Gasteiger partial charge on any atom is 0.341 e. The number of esters is 1. The van der Waals surface area contributed by atoms with Gasteiger partial charge in [0.15, 0.2) is 0 Å². The van der Waals surface area contributed by atoms with E-state index in [1.54, 1.807) is 6.92 Å². The fourth-order valence-electron chi connectivity index (χ4n) is 2.95. The first-order chi connectivity index (χ1) is 13.3. The van der Waals surface area contributed by atoms with Crippen molar-refractivity contribution in [2.24, 2.45) is 0 Å². The van der Waals surface area contributed by atoms with Gasteiger partial charge in [-0.1, -0.05) is 18.2 Å². The summed E-state index contributed by atoms with van der Waals surface area (Å²) in [7, 11) is 0. The van der Waals surface area contributed by atoms with E-state index in [2.05, 4.69) is 14.9 Å². The zero-order valence-electron chi connectivity index (χ0n) is 15.5. The highest BCUT2D eigenvalue weighted by molar-refractivity contribution is 5.88. The third-order valence-corrected chi connectivity index (χ3v) is 4.26. The van der Waals surface area contributed by atoms with Gasteiger partial charge >= 0.3 is 5.97 Å². The molecular weight excluding hydrogens is 346 g/mol. The van der Waals surface area contributed by atoms with Gasteiger partial charge < -0.3 is 19.1 Å². The van der Waals surface area contributed by atoms with Crippen LogP contribution in [0.25, 0.3) is 0 Å². The minimum atomic E-state index is -0.401. The molecule has 0 spiro atoms. The number of carbonyl (C=O) groups excluding carboxylic acids is 1. The molecule has 0 saturated carbocycles. The van der Waals surface area contributed by atoms with Crippen molar-refractivity contribution < 1.29 is 19.0 Å². The fraction of sp³-hybridized carbons (Fsp3) is 0.450. The average molecular weight is 371 g/mol. The SMILES string of the molecule is CCOC(=O)c1cnc(N2CCC[C@@H](OCCOc3ccccc3)C2)nc1. The van der Waals surface area contributed by atoms with Crippen molar-refractivity contribution in [2.75, 3.05) is 37.8 Å². The van der Waals surface area contributed by atoms with Gasteiger partial charge in [0, 0.05) is 25.5 Å². The summed E-state index contributed by atoms with van der Waals surface area (Å²) in [6, 6.07) is 9.71. The van der Waals surface area contributed by atoms with Crippen molar-refractivity contribution in [3.63, 3.8) is 0 Å². The number of rotatable bonds is 8. The van der Waals surface area contributed by atoms with E-state index in [1.807, 2.05) is 30.3 Å². The highest BCUT2D eigenvalue weighted by atomic mass is 16.5. The van der Waals surface area contributed by atoms with E-state index in [9.17, 15) is 4.79 Å². The van der Waals surface area contributed by atoms with Crippen LogP contribution in [-0.4, -0.2) is 55.0 Å². The van der Waals surface area contributed by atoms with E-state index >= 15 is 0 Å². The van der Waals surface area contributed by atoms with E-state index in [0.29, 0.717) is 31.3 Å². The molecule has 1 aliphatic rings. The van der Waals surface area contributed by atoms with Crippen LogP contribution in [0.4, 0.5) is 5.95 Å². The van der Waals surface area contributed by atoms with Crippen LogP contribution in [0.15, 0.2) is 42.7 Å². The number of aromatic nitrogens is 2. The molecule has 1 aromatic heterocycles. The third kappa shape index (κ3) is 5.65. The second-order valence-electron chi connectivity index (χ2n) is 6.23. The number of nitrogens with zero attached hydrogens (tertiary/aromatic N) is 3.